The van der Waals surface area contributed by atoms with Crippen molar-refractivity contribution >= 4 is 34.9 Å². The molecule has 1 aliphatic heterocycles. The zero-order valence-corrected chi connectivity index (χ0v) is 18.7. The number of fused-ring (bicyclic) bond motifs is 1. The third-order valence-electron chi connectivity index (χ3n) is 5.33. The molecule has 0 N–H and O–H groups in total. The molecule has 2 aromatic carbocycles. The molecule has 0 fully saturated rings. The van der Waals surface area contributed by atoms with Gasteiger partial charge in [-0.1, -0.05) is 23.7 Å². The van der Waals surface area contributed by atoms with Gasteiger partial charge in [-0.15, -0.1) is 11.3 Å². The van der Waals surface area contributed by atoms with E-state index in [9.17, 15) is 9.18 Å². The lowest BCUT2D eigenvalue weighted by atomic mass is 9.90. The highest BCUT2D eigenvalue weighted by atomic mass is 35.5. The highest BCUT2D eigenvalue weighted by Crippen LogP contribution is 2.42. The second-order valence-electron chi connectivity index (χ2n) is 7.11. The summed E-state index contributed by atoms with van der Waals surface area (Å²) in [5.41, 5.74) is 2.82. The van der Waals surface area contributed by atoms with Crippen molar-refractivity contribution < 1.29 is 18.7 Å². The van der Waals surface area contributed by atoms with Crippen molar-refractivity contribution in [2.24, 2.45) is 0 Å². The zero-order chi connectivity index (χ0) is 22.0. The van der Waals surface area contributed by atoms with E-state index >= 15 is 0 Å². The summed E-state index contributed by atoms with van der Waals surface area (Å²) in [5.74, 6) is 0.701. The highest BCUT2D eigenvalue weighted by molar-refractivity contribution is 7.10. The number of hydrogen-bond donors (Lipinski definition) is 0. The summed E-state index contributed by atoms with van der Waals surface area (Å²) in [4.78, 5) is 16.1. The molecule has 2 heterocycles. The lowest BCUT2D eigenvalue weighted by molar-refractivity contribution is -0.127. The van der Waals surface area contributed by atoms with Crippen molar-refractivity contribution in [2.45, 2.75) is 12.5 Å². The van der Waals surface area contributed by atoms with Gasteiger partial charge in [0.05, 0.1) is 25.3 Å². The normalized spacial score (nSPS) is 15.7. The number of carbonyl (C=O) groups excluding carboxylic acids is 1. The van der Waals surface area contributed by atoms with Gasteiger partial charge in [0.25, 0.3) is 0 Å². The quantitative estimate of drug-likeness (QED) is 0.458. The monoisotopic (exact) mass is 457 g/mol. The highest BCUT2D eigenvalue weighted by Gasteiger charge is 2.33. The topological polar surface area (TPSA) is 38.8 Å². The van der Waals surface area contributed by atoms with Crippen molar-refractivity contribution in [1.82, 2.24) is 4.90 Å². The average molecular weight is 458 g/mol. The molecule has 0 saturated carbocycles. The second-order valence-corrected chi connectivity index (χ2v) is 8.50. The van der Waals surface area contributed by atoms with Crippen LogP contribution in [0.2, 0.25) is 5.02 Å². The van der Waals surface area contributed by atoms with Gasteiger partial charge in [0.2, 0.25) is 5.91 Å². The van der Waals surface area contributed by atoms with E-state index in [1.54, 1.807) is 37.7 Å². The lowest BCUT2D eigenvalue weighted by Crippen LogP contribution is -2.39. The van der Waals surface area contributed by atoms with Crippen LogP contribution >= 0.6 is 22.9 Å². The predicted molar refractivity (Wildman–Crippen MR) is 122 cm³/mol. The van der Waals surface area contributed by atoms with Crippen LogP contribution in [0.25, 0.3) is 6.08 Å². The number of methoxy groups -OCH3 is 2. The van der Waals surface area contributed by atoms with Gasteiger partial charge in [0.1, 0.15) is 5.82 Å². The molecular formula is C24H21ClFNO3S. The summed E-state index contributed by atoms with van der Waals surface area (Å²) >= 11 is 7.46. The van der Waals surface area contributed by atoms with Crippen LogP contribution in [0.1, 0.15) is 27.6 Å². The maximum Gasteiger partial charge on any atom is 0.247 e. The Hall–Kier alpha value is -2.83. The molecule has 160 valence electrons. The van der Waals surface area contributed by atoms with Crippen molar-refractivity contribution in [2.75, 3.05) is 20.8 Å². The van der Waals surface area contributed by atoms with Crippen LogP contribution in [0.15, 0.2) is 53.9 Å². The van der Waals surface area contributed by atoms with E-state index < -0.39 is 5.82 Å². The Morgan fingerprint density at radius 2 is 1.97 bits per heavy atom. The Morgan fingerprint density at radius 1 is 1.19 bits per heavy atom. The van der Waals surface area contributed by atoms with E-state index in [0.29, 0.717) is 30.0 Å². The minimum atomic E-state index is -0.486. The zero-order valence-electron chi connectivity index (χ0n) is 17.1. The molecule has 7 heteroatoms. The molecule has 0 saturated heterocycles. The Morgan fingerprint density at radius 3 is 2.65 bits per heavy atom. The number of nitrogens with zero attached hydrogens (tertiary/aromatic N) is 1. The number of benzene rings is 2. The summed E-state index contributed by atoms with van der Waals surface area (Å²) < 4.78 is 24.4. The standard InChI is InChI=1S/C24H21ClFNO3S/c1-29-20-13-16-9-10-27(23(28)8-6-15-5-7-19(26)18(25)12-15)24(22-4-3-11-31-22)17(16)14-21(20)30-2/h3-8,11-14,24H,9-10H2,1-2H3/b8-6+. The van der Waals surface area contributed by atoms with E-state index in [0.717, 1.165) is 16.0 Å². The molecule has 31 heavy (non-hydrogen) atoms. The number of ether oxygens (including phenoxy) is 2. The minimum absolute atomic E-state index is 0.0269. The number of rotatable bonds is 5. The first-order valence-electron chi connectivity index (χ1n) is 9.73. The van der Waals surface area contributed by atoms with Gasteiger partial charge in [0.15, 0.2) is 11.5 Å². The molecule has 0 aliphatic carbocycles. The summed E-state index contributed by atoms with van der Waals surface area (Å²) in [6.07, 6.45) is 3.87. The first-order valence-corrected chi connectivity index (χ1v) is 11.0. The Labute approximate surface area is 189 Å². The van der Waals surface area contributed by atoms with Crippen LogP contribution in [-0.2, 0) is 11.2 Å². The van der Waals surface area contributed by atoms with Crippen LogP contribution in [0.3, 0.4) is 0 Å². The molecule has 1 atom stereocenters. The van der Waals surface area contributed by atoms with E-state index in [4.69, 9.17) is 21.1 Å². The second kappa shape index (κ2) is 9.12. The SMILES string of the molecule is COc1cc2c(cc1OC)C(c1cccs1)N(C(=O)/C=C/c1ccc(F)c(Cl)c1)CC2. The largest absolute Gasteiger partial charge is 0.493 e. The van der Waals surface area contributed by atoms with Crippen molar-refractivity contribution in [3.05, 3.63) is 86.3 Å². The predicted octanol–water partition coefficient (Wildman–Crippen LogP) is 5.75. The van der Waals surface area contributed by atoms with E-state index in [-0.39, 0.29) is 17.0 Å². The number of carbonyl (C=O) groups is 1. The molecule has 1 aliphatic rings. The molecule has 0 radical (unpaired) electrons. The van der Waals surface area contributed by atoms with Gasteiger partial charge < -0.3 is 14.4 Å². The molecule has 1 unspecified atom stereocenters. The number of thiophene rings is 1. The molecule has 1 aromatic heterocycles. The summed E-state index contributed by atoms with van der Waals surface area (Å²) in [5, 5.41) is 2.03. The van der Waals surface area contributed by atoms with E-state index in [2.05, 4.69) is 0 Å². The third kappa shape index (κ3) is 4.31. The number of hydrogen-bond acceptors (Lipinski definition) is 4. The van der Waals surface area contributed by atoms with Gasteiger partial charge in [-0.2, -0.15) is 0 Å². The van der Waals surface area contributed by atoms with Crippen molar-refractivity contribution in [3.8, 4) is 11.5 Å². The lowest BCUT2D eigenvalue weighted by Gasteiger charge is -2.37. The molecule has 3 aromatic rings. The fourth-order valence-corrected chi connectivity index (χ4v) is 4.86. The van der Waals surface area contributed by atoms with Gasteiger partial charge >= 0.3 is 0 Å². The summed E-state index contributed by atoms with van der Waals surface area (Å²) in [6, 6.07) is 12.1. The van der Waals surface area contributed by atoms with Gasteiger partial charge in [-0.05, 0) is 64.9 Å². The molecule has 1 amide bonds. The van der Waals surface area contributed by atoms with Crippen molar-refractivity contribution in [3.63, 3.8) is 0 Å². The molecule has 0 spiro atoms. The fourth-order valence-electron chi connectivity index (χ4n) is 3.82. The third-order valence-corrected chi connectivity index (χ3v) is 6.55. The minimum Gasteiger partial charge on any atom is -0.493 e. The first kappa shape index (κ1) is 21.4. The smallest absolute Gasteiger partial charge is 0.247 e. The Bertz CT molecular complexity index is 1130. The van der Waals surface area contributed by atoms with Crippen LogP contribution in [0.5, 0.6) is 11.5 Å². The number of amides is 1. The van der Waals surface area contributed by atoms with Gasteiger partial charge in [-0.25, -0.2) is 4.39 Å². The summed E-state index contributed by atoms with van der Waals surface area (Å²) in [7, 11) is 3.22. The van der Waals surface area contributed by atoms with Crippen LogP contribution in [0, 0.1) is 5.82 Å². The molecule has 4 rings (SSSR count). The molecule has 4 nitrogen and oxygen atoms in total. The van der Waals surface area contributed by atoms with Gasteiger partial charge in [0, 0.05) is 17.5 Å². The Balaban J connectivity index is 1.70. The van der Waals surface area contributed by atoms with Gasteiger partial charge in [-0.3, -0.25) is 4.79 Å². The Kier molecular flexibility index (Phi) is 6.30. The average Bonchev–Trinajstić information content (AvgIpc) is 3.32. The van der Waals surface area contributed by atoms with Crippen LogP contribution in [-0.4, -0.2) is 31.6 Å². The maximum atomic E-state index is 13.4. The van der Waals surface area contributed by atoms with Crippen LogP contribution in [0.4, 0.5) is 4.39 Å². The van der Waals surface area contributed by atoms with Crippen molar-refractivity contribution in [1.29, 1.82) is 0 Å². The molecular weight excluding hydrogens is 437 g/mol. The molecule has 0 bridgehead atoms. The number of halogens is 2. The maximum absolute atomic E-state index is 13.4. The van der Waals surface area contributed by atoms with E-state index in [1.165, 1.54) is 18.2 Å². The fraction of sp³-hybridized carbons (Fsp3) is 0.208. The van der Waals surface area contributed by atoms with E-state index in [1.807, 2.05) is 34.5 Å². The van der Waals surface area contributed by atoms with Crippen LogP contribution < -0.4 is 9.47 Å². The summed E-state index contributed by atoms with van der Waals surface area (Å²) in [6.45, 7) is 0.568. The first-order chi connectivity index (χ1) is 15.0.